The van der Waals surface area contributed by atoms with Crippen molar-refractivity contribution in [2.24, 2.45) is 0 Å². The number of benzene rings is 2. The molecule has 0 unspecified atom stereocenters. The van der Waals surface area contributed by atoms with Crippen LogP contribution in [0.15, 0.2) is 58.6 Å². The molecule has 0 saturated carbocycles. The molecule has 3 amide bonds. The molecule has 174 valence electrons. The number of thioether (sulfide) groups is 1. The Hall–Kier alpha value is -3.22. The summed E-state index contributed by atoms with van der Waals surface area (Å²) in [5.41, 5.74) is 2.31. The quantitative estimate of drug-likeness (QED) is 0.487. The number of nitrogens with one attached hydrogen (secondary N) is 2. The molecule has 2 N–H and O–H groups in total. The smallest absolute Gasteiger partial charge is 0.321 e. The normalized spacial score (nSPS) is 11.4. The SMILES string of the molecule is CNC(=O)NC(=O)CSc1nnc(-c2cccc(S(=O)(=O)N(C)C)c2)n1-c1cccc(C)c1. The van der Waals surface area contributed by atoms with Crippen LogP contribution in [0, 0.1) is 6.92 Å². The number of sulfonamides is 1. The van der Waals surface area contributed by atoms with Crippen LogP contribution in [0.4, 0.5) is 4.79 Å². The van der Waals surface area contributed by atoms with Gasteiger partial charge >= 0.3 is 6.03 Å². The highest BCUT2D eigenvalue weighted by Crippen LogP contribution is 2.29. The number of rotatable bonds is 7. The van der Waals surface area contributed by atoms with E-state index in [1.54, 1.807) is 22.8 Å². The van der Waals surface area contributed by atoms with Gasteiger partial charge in [0.15, 0.2) is 11.0 Å². The number of imide groups is 1. The molecule has 0 atom stereocenters. The van der Waals surface area contributed by atoms with Crippen LogP contribution in [-0.4, -0.2) is 66.3 Å². The van der Waals surface area contributed by atoms with Crippen molar-refractivity contribution in [3.63, 3.8) is 0 Å². The van der Waals surface area contributed by atoms with Crippen LogP contribution in [0.25, 0.3) is 17.1 Å². The third-order valence-corrected chi connectivity index (χ3v) is 7.32. The maximum absolute atomic E-state index is 12.6. The minimum Gasteiger partial charge on any atom is -0.341 e. The monoisotopic (exact) mass is 488 g/mol. The van der Waals surface area contributed by atoms with Crippen molar-refractivity contribution in [2.45, 2.75) is 17.0 Å². The number of nitrogens with zero attached hydrogens (tertiary/aromatic N) is 4. The Kier molecular flexibility index (Phi) is 7.51. The fourth-order valence-electron chi connectivity index (χ4n) is 2.91. The highest BCUT2D eigenvalue weighted by molar-refractivity contribution is 7.99. The second kappa shape index (κ2) is 10.1. The van der Waals surface area contributed by atoms with Gasteiger partial charge in [-0.1, -0.05) is 36.0 Å². The van der Waals surface area contributed by atoms with Crippen LogP contribution in [0.1, 0.15) is 5.56 Å². The van der Waals surface area contributed by atoms with Crippen molar-refractivity contribution in [1.82, 2.24) is 29.7 Å². The fraction of sp³-hybridized carbons (Fsp3) is 0.238. The molecule has 0 bridgehead atoms. The molecule has 33 heavy (non-hydrogen) atoms. The topological polar surface area (TPSA) is 126 Å². The van der Waals surface area contributed by atoms with Gasteiger partial charge in [0, 0.05) is 32.4 Å². The first kappa shape index (κ1) is 24.4. The molecule has 2 aromatic carbocycles. The summed E-state index contributed by atoms with van der Waals surface area (Å²) in [5, 5.41) is 13.5. The highest BCUT2D eigenvalue weighted by atomic mass is 32.2. The number of aromatic nitrogens is 3. The molecular formula is C21H24N6O4S2. The van der Waals surface area contributed by atoms with Crippen LogP contribution in [0.3, 0.4) is 0 Å². The third kappa shape index (κ3) is 5.59. The van der Waals surface area contributed by atoms with E-state index in [-0.39, 0.29) is 10.6 Å². The largest absolute Gasteiger partial charge is 0.341 e. The van der Waals surface area contributed by atoms with Crippen molar-refractivity contribution >= 4 is 33.7 Å². The Morgan fingerprint density at radius 2 is 1.82 bits per heavy atom. The van der Waals surface area contributed by atoms with Crippen molar-refractivity contribution < 1.29 is 18.0 Å². The van der Waals surface area contributed by atoms with E-state index < -0.39 is 22.0 Å². The zero-order valence-electron chi connectivity index (χ0n) is 18.6. The van der Waals surface area contributed by atoms with Crippen LogP contribution in [-0.2, 0) is 14.8 Å². The number of amides is 3. The lowest BCUT2D eigenvalue weighted by molar-refractivity contribution is -0.117. The van der Waals surface area contributed by atoms with E-state index in [0.717, 1.165) is 27.3 Å². The standard InChI is InChI=1S/C21H24N6O4S2/c1-14-7-5-9-16(11-14)27-19(15-8-6-10-17(12-15)33(30,31)26(3)4)24-25-21(27)32-13-18(28)23-20(29)22-2/h5-12H,13H2,1-4H3,(H2,22,23,28,29). The summed E-state index contributed by atoms with van der Waals surface area (Å²) in [6, 6.07) is 13.5. The van der Waals surface area contributed by atoms with Gasteiger partial charge in [0.05, 0.1) is 10.6 Å². The zero-order chi connectivity index (χ0) is 24.2. The number of carbonyl (C=O) groups is 2. The van der Waals surface area contributed by atoms with Gasteiger partial charge in [0.25, 0.3) is 0 Å². The minimum atomic E-state index is -3.64. The first-order chi connectivity index (χ1) is 15.6. The first-order valence-corrected chi connectivity index (χ1v) is 12.3. The van der Waals surface area contributed by atoms with E-state index in [1.165, 1.54) is 27.2 Å². The summed E-state index contributed by atoms with van der Waals surface area (Å²) < 4.78 is 28.1. The average molecular weight is 489 g/mol. The molecule has 0 fully saturated rings. The van der Waals surface area contributed by atoms with Gasteiger partial charge in [-0.25, -0.2) is 17.5 Å². The van der Waals surface area contributed by atoms with Crippen LogP contribution in [0.5, 0.6) is 0 Å². The maximum Gasteiger partial charge on any atom is 0.321 e. The molecular weight excluding hydrogens is 464 g/mol. The molecule has 3 aromatic rings. The molecule has 3 rings (SSSR count). The van der Waals surface area contributed by atoms with Crippen molar-refractivity contribution in [3.8, 4) is 17.1 Å². The Labute approximate surface area is 196 Å². The molecule has 12 heteroatoms. The van der Waals surface area contributed by atoms with Crippen molar-refractivity contribution in [3.05, 3.63) is 54.1 Å². The van der Waals surface area contributed by atoms with Gasteiger partial charge < -0.3 is 5.32 Å². The minimum absolute atomic E-state index is 0.0631. The van der Waals surface area contributed by atoms with E-state index in [4.69, 9.17) is 0 Å². The first-order valence-electron chi connectivity index (χ1n) is 9.83. The number of hydrogen-bond acceptors (Lipinski definition) is 7. The van der Waals surface area contributed by atoms with Gasteiger partial charge in [-0.05, 0) is 36.8 Å². The van der Waals surface area contributed by atoms with E-state index in [9.17, 15) is 18.0 Å². The number of urea groups is 1. The summed E-state index contributed by atoms with van der Waals surface area (Å²) in [6.45, 7) is 1.95. The van der Waals surface area contributed by atoms with Crippen molar-refractivity contribution in [1.29, 1.82) is 0 Å². The molecule has 0 saturated heterocycles. The molecule has 0 aliphatic rings. The Bertz CT molecular complexity index is 1290. The molecule has 0 aliphatic carbocycles. The lowest BCUT2D eigenvalue weighted by Crippen LogP contribution is -2.38. The molecule has 0 radical (unpaired) electrons. The van der Waals surface area contributed by atoms with Crippen LogP contribution < -0.4 is 10.6 Å². The molecule has 1 aromatic heterocycles. The van der Waals surface area contributed by atoms with Crippen molar-refractivity contribution in [2.75, 3.05) is 26.9 Å². The summed E-state index contributed by atoms with van der Waals surface area (Å²) in [4.78, 5) is 23.6. The number of aryl methyl sites for hydroxylation is 1. The highest BCUT2D eigenvalue weighted by Gasteiger charge is 2.21. The van der Waals surface area contributed by atoms with Crippen LogP contribution in [0.2, 0.25) is 0 Å². The summed E-state index contributed by atoms with van der Waals surface area (Å²) in [5.74, 6) is -0.128. The van der Waals surface area contributed by atoms with Gasteiger partial charge in [-0.3, -0.25) is 14.7 Å². The molecule has 10 nitrogen and oxygen atoms in total. The molecule has 0 aliphatic heterocycles. The maximum atomic E-state index is 12.6. The lowest BCUT2D eigenvalue weighted by atomic mass is 10.2. The van der Waals surface area contributed by atoms with Gasteiger partial charge in [0.2, 0.25) is 15.9 Å². The van der Waals surface area contributed by atoms with E-state index >= 15 is 0 Å². The van der Waals surface area contributed by atoms with E-state index in [1.807, 2.05) is 31.2 Å². The lowest BCUT2D eigenvalue weighted by Gasteiger charge is -2.14. The molecule has 0 spiro atoms. The van der Waals surface area contributed by atoms with E-state index in [0.29, 0.717) is 16.5 Å². The van der Waals surface area contributed by atoms with Gasteiger partial charge in [-0.15, -0.1) is 10.2 Å². The third-order valence-electron chi connectivity index (χ3n) is 4.58. The fourth-order valence-corrected chi connectivity index (χ4v) is 4.61. The summed E-state index contributed by atoms with van der Waals surface area (Å²) in [7, 11) is 0.713. The number of hydrogen-bond donors (Lipinski definition) is 2. The molecule has 1 heterocycles. The second-order valence-electron chi connectivity index (χ2n) is 7.21. The average Bonchev–Trinajstić information content (AvgIpc) is 3.21. The van der Waals surface area contributed by atoms with Crippen LogP contribution >= 0.6 is 11.8 Å². The zero-order valence-corrected chi connectivity index (χ0v) is 20.2. The summed E-state index contributed by atoms with van der Waals surface area (Å²) in [6.07, 6.45) is 0. The summed E-state index contributed by atoms with van der Waals surface area (Å²) >= 11 is 1.11. The van der Waals surface area contributed by atoms with E-state index in [2.05, 4.69) is 20.8 Å². The van der Waals surface area contributed by atoms with Gasteiger partial charge in [-0.2, -0.15) is 0 Å². The van der Waals surface area contributed by atoms with Gasteiger partial charge in [0.1, 0.15) is 0 Å². The Morgan fingerprint density at radius 3 is 2.48 bits per heavy atom. The predicted octanol–water partition coefficient (Wildman–Crippen LogP) is 2.04. The Morgan fingerprint density at radius 1 is 1.09 bits per heavy atom. The Balaban J connectivity index is 2.05. The predicted molar refractivity (Wildman–Crippen MR) is 126 cm³/mol. The number of carbonyl (C=O) groups excluding carboxylic acids is 2. The second-order valence-corrected chi connectivity index (χ2v) is 10.3.